The predicted octanol–water partition coefficient (Wildman–Crippen LogP) is 3.43. The van der Waals surface area contributed by atoms with Crippen LogP contribution in [0.2, 0.25) is 0 Å². The van der Waals surface area contributed by atoms with Crippen LogP contribution in [0.25, 0.3) is 0 Å². The van der Waals surface area contributed by atoms with E-state index in [1.807, 2.05) is 6.08 Å². The third kappa shape index (κ3) is 13.1. The van der Waals surface area contributed by atoms with Gasteiger partial charge in [0, 0.05) is 5.97 Å². The molecule has 0 spiro atoms. The Bertz CT molecular complexity index is 347. The number of aliphatic hydroxyl groups excluding tert-OH is 1. The lowest BCUT2D eigenvalue weighted by atomic mass is 10.1. The summed E-state index contributed by atoms with van der Waals surface area (Å²) in [6.07, 6.45) is 13.3. The van der Waals surface area contributed by atoms with E-state index in [1.54, 1.807) is 0 Å². The van der Waals surface area contributed by atoms with Gasteiger partial charge in [0.25, 0.3) is 0 Å². The molecule has 25 heavy (non-hydrogen) atoms. The highest BCUT2D eigenvalue weighted by Gasteiger charge is 2.28. The van der Waals surface area contributed by atoms with Gasteiger partial charge in [-0.2, -0.15) is 0 Å². The number of carboxylic acid groups (broad SMARTS) is 1. The Kier molecular flexibility index (Phi) is 14.9. The standard InChI is InChI=1S/C21H41NO3/c1-4-7-10-11-14-20(23)19-22(16-8-5-2,17-9-6-3)18-13-12-15-21(24)25/h11,14,20,23H,4-10,12-13,15-19H2,1-3H3/b14-11+. The summed E-state index contributed by atoms with van der Waals surface area (Å²) in [5.74, 6) is -0.959. The number of carboxylic acids is 1. The van der Waals surface area contributed by atoms with Gasteiger partial charge >= 0.3 is 0 Å². The van der Waals surface area contributed by atoms with Crippen molar-refractivity contribution in [2.24, 2.45) is 0 Å². The van der Waals surface area contributed by atoms with Crippen molar-refractivity contribution in [3.63, 3.8) is 0 Å². The van der Waals surface area contributed by atoms with Gasteiger partial charge in [0.2, 0.25) is 0 Å². The predicted molar refractivity (Wildman–Crippen MR) is 103 cm³/mol. The van der Waals surface area contributed by atoms with E-state index in [2.05, 4.69) is 26.8 Å². The summed E-state index contributed by atoms with van der Waals surface area (Å²) < 4.78 is 0.911. The van der Waals surface area contributed by atoms with Crippen LogP contribution in [0.15, 0.2) is 12.2 Å². The molecule has 0 amide bonds. The zero-order chi connectivity index (χ0) is 19.0. The smallest absolute Gasteiger partial charge is 0.121 e. The van der Waals surface area contributed by atoms with Crippen LogP contribution in [0.1, 0.15) is 85.0 Å². The first kappa shape index (κ1) is 24.1. The van der Waals surface area contributed by atoms with E-state index < -0.39 is 12.1 Å². The van der Waals surface area contributed by atoms with Gasteiger partial charge in [0.15, 0.2) is 0 Å². The molecule has 0 aliphatic rings. The Morgan fingerprint density at radius 1 is 0.960 bits per heavy atom. The number of unbranched alkanes of at least 4 members (excludes halogenated alkanes) is 5. The molecule has 0 radical (unpaired) electrons. The number of aliphatic carboxylic acids is 1. The van der Waals surface area contributed by atoms with E-state index in [-0.39, 0.29) is 6.42 Å². The number of allylic oxidation sites excluding steroid dienone is 1. The first-order chi connectivity index (χ1) is 12.0. The monoisotopic (exact) mass is 355 g/mol. The van der Waals surface area contributed by atoms with E-state index in [0.29, 0.717) is 6.42 Å². The minimum atomic E-state index is -0.959. The molecule has 0 bridgehead atoms. The quantitative estimate of drug-likeness (QED) is 0.247. The SMILES string of the molecule is CCCC/C=C/C(O)C[N+](CCCC)(CCCC)CCCCC(=O)[O-]. The molecule has 4 heteroatoms. The van der Waals surface area contributed by atoms with E-state index in [0.717, 1.165) is 75.6 Å². The third-order valence-electron chi connectivity index (χ3n) is 4.89. The highest BCUT2D eigenvalue weighted by atomic mass is 16.4. The van der Waals surface area contributed by atoms with Crippen molar-refractivity contribution >= 4 is 5.97 Å². The molecule has 0 aliphatic heterocycles. The molecule has 0 saturated heterocycles. The van der Waals surface area contributed by atoms with Crippen LogP contribution >= 0.6 is 0 Å². The van der Waals surface area contributed by atoms with Crippen LogP contribution < -0.4 is 5.11 Å². The van der Waals surface area contributed by atoms with Crippen LogP contribution in [0, 0.1) is 0 Å². The first-order valence-corrected chi connectivity index (χ1v) is 10.4. The number of hydrogen-bond donors (Lipinski definition) is 1. The van der Waals surface area contributed by atoms with Gasteiger partial charge < -0.3 is 19.5 Å². The van der Waals surface area contributed by atoms with Crippen molar-refractivity contribution in [3.8, 4) is 0 Å². The largest absolute Gasteiger partial charge is 0.550 e. The lowest BCUT2D eigenvalue weighted by Crippen LogP contribution is -2.53. The maximum atomic E-state index is 10.7. The molecule has 0 saturated carbocycles. The molecule has 1 N–H and O–H groups in total. The van der Waals surface area contributed by atoms with Crippen molar-refractivity contribution in [2.75, 3.05) is 26.2 Å². The average Bonchev–Trinajstić information content (AvgIpc) is 2.58. The number of aliphatic hydroxyl groups is 1. The number of hydrogen-bond acceptors (Lipinski definition) is 3. The summed E-state index contributed by atoms with van der Waals surface area (Å²) in [6.45, 7) is 10.4. The molecule has 0 aromatic carbocycles. The Morgan fingerprint density at radius 2 is 1.52 bits per heavy atom. The van der Waals surface area contributed by atoms with E-state index >= 15 is 0 Å². The molecule has 148 valence electrons. The Hall–Kier alpha value is -0.870. The van der Waals surface area contributed by atoms with E-state index in [4.69, 9.17) is 0 Å². The third-order valence-corrected chi connectivity index (χ3v) is 4.89. The van der Waals surface area contributed by atoms with Crippen LogP contribution in [0.5, 0.6) is 0 Å². The van der Waals surface area contributed by atoms with Gasteiger partial charge in [-0.05, 0) is 38.5 Å². The minimum Gasteiger partial charge on any atom is -0.550 e. The fourth-order valence-electron chi connectivity index (χ4n) is 3.35. The summed E-state index contributed by atoms with van der Waals surface area (Å²) in [4.78, 5) is 10.7. The second kappa shape index (κ2) is 15.4. The van der Waals surface area contributed by atoms with Gasteiger partial charge in [0.05, 0.1) is 19.6 Å². The molecule has 1 atom stereocenters. The molecular formula is C21H41NO3. The van der Waals surface area contributed by atoms with Crippen LogP contribution in [0.4, 0.5) is 0 Å². The summed E-state index contributed by atoms with van der Waals surface area (Å²) in [5.41, 5.74) is 0. The molecule has 0 aromatic rings. The average molecular weight is 356 g/mol. The number of quaternary nitrogens is 1. The van der Waals surface area contributed by atoms with Gasteiger partial charge in [-0.25, -0.2) is 0 Å². The topological polar surface area (TPSA) is 60.4 Å². The zero-order valence-electron chi connectivity index (χ0n) is 16.8. The summed E-state index contributed by atoms with van der Waals surface area (Å²) in [5, 5.41) is 21.2. The molecule has 0 aromatic heterocycles. The van der Waals surface area contributed by atoms with Crippen molar-refractivity contribution < 1.29 is 19.5 Å². The minimum absolute atomic E-state index is 0.140. The van der Waals surface area contributed by atoms with Gasteiger partial charge in [-0.3, -0.25) is 0 Å². The summed E-state index contributed by atoms with van der Waals surface area (Å²) in [7, 11) is 0. The molecule has 0 fully saturated rings. The number of rotatable bonds is 17. The number of carbonyl (C=O) groups is 1. The second-order valence-electron chi connectivity index (χ2n) is 7.37. The highest BCUT2D eigenvalue weighted by molar-refractivity contribution is 5.64. The van der Waals surface area contributed by atoms with Crippen molar-refractivity contribution in [2.45, 2.75) is 91.1 Å². The Labute approximate surface area is 155 Å². The number of nitrogens with zero attached hydrogens (tertiary/aromatic N) is 1. The van der Waals surface area contributed by atoms with Crippen LogP contribution in [-0.4, -0.2) is 47.8 Å². The van der Waals surface area contributed by atoms with E-state index in [9.17, 15) is 15.0 Å². The first-order valence-electron chi connectivity index (χ1n) is 10.4. The second-order valence-corrected chi connectivity index (χ2v) is 7.37. The van der Waals surface area contributed by atoms with Crippen molar-refractivity contribution in [1.29, 1.82) is 0 Å². The fourth-order valence-corrected chi connectivity index (χ4v) is 3.35. The van der Waals surface area contributed by atoms with Crippen LogP contribution in [0.3, 0.4) is 0 Å². The van der Waals surface area contributed by atoms with Crippen LogP contribution in [-0.2, 0) is 4.79 Å². The maximum absolute atomic E-state index is 10.7. The molecule has 0 heterocycles. The maximum Gasteiger partial charge on any atom is 0.121 e. The highest BCUT2D eigenvalue weighted by Crippen LogP contribution is 2.17. The van der Waals surface area contributed by atoms with Gasteiger partial charge in [-0.15, -0.1) is 0 Å². The summed E-state index contributed by atoms with van der Waals surface area (Å²) in [6, 6.07) is 0. The normalized spacial score (nSPS) is 13.4. The van der Waals surface area contributed by atoms with Gasteiger partial charge in [0.1, 0.15) is 12.6 Å². The Morgan fingerprint density at radius 3 is 2.04 bits per heavy atom. The molecular weight excluding hydrogens is 314 g/mol. The number of carbonyl (C=O) groups excluding carboxylic acids is 1. The molecule has 1 unspecified atom stereocenters. The lowest BCUT2D eigenvalue weighted by molar-refractivity contribution is -0.931. The van der Waals surface area contributed by atoms with Crippen molar-refractivity contribution in [1.82, 2.24) is 0 Å². The van der Waals surface area contributed by atoms with Crippen molar-refractivity contribution in [3.05, 3.63) is 12.2 Å². The van der Waals surface area contributed by atoms with E-state index in [1.165, 1.54) is 6.42 Å². The molecule has 0 rings (SSSR count). The molecule has 0 aliphatic carbocycles. The Balaban J connectivity index is 4.82. The molecule has 4 nitrogen and oxygen atoms in total. The van der Waals surface area contributed by atoms with Gasteiger partial charge in [-0.1, -0.05) is 58.6 Å². The summed E-state index contributed by atoms with van der Waals surface area (Å²) >= 11 is 0. The zero-order valence-corrected chi connectivity index (χ0v) is 16.8. The fraction of sp³-hybridized carbons (Fsp3) is 0.857. The lowest BCUT2D eigenvalue weighted by Gasteiger charge is -2.40.